The second kappa shape index (κ2) is 11.6. The zero-order valence-electron chi connectivity index (χ0n) is 21.1. The number of hydrogen-bond donors (Lipinski definition) is 0. The minimum absolute atomic E-state index is 0.0104. The number of carbonyl (C=O) groups excluding carboxylic acids is 2. The van der Waals surface area contributed by atoms with Gasteiger partial charge in [-0.2, -0.15) is 13.2 Å². The van der Waals surface area contributed by atoms with Crippen LogP contribution in [0.1, 0.15) is 35.1 Å². The molecule has 1 fully saturated rings. The molecule has 0 heterocycles. The van der Waals surface area contributed by atoms with Crippen molar-refractivity contribution in [1.29, 1.82) is 0 Å². The molecular formula is C29H28F3NO5. The highest BCUT2D eigenvalue weighted by atomic mass is 19.4. The van der Waals surface area contributed by atoms with E-state index in [1.165, 1.54) is 25.2 Å². The molecule has 0 radical (unpaired) electrons. The van der Waals surface area contributed by atoms with E-state index in [0.717, 1.165) is 30.5 Å². The Hall–Kier alpha value is -4.01. The van der Waals surface area contributed by atoms with E-state index in [1.807, 2.05) is 30.3 Å². The van der Waals surface area contributed by atoms with Gasteiger partial charge in [0.2, 0.25) is 0 Å². The van der Waals surface area contributed by atoms with Crippen LogP contribution in [-0.4, -0.2) is 37.2 Å². The van der Waals surface area contributed by atoms with Gasteiger partial charge in [0.25, 0.3) is 0 Å². The largest absolute Gasteiger partial charge is 0.496 e. The van der Waals surface area contributed by atoms with E-state index in [1.54, 1.807) is 18.2 Å². The first kappa shape index (κ1) is 27.0. The molecule has 3 aromatic carbocycles. The second-order valence-corrected chi connectivity index (χ2v) is 9.06. The third-order valence-corrected chi connectivity index (χ3v) is 6.33. The number of alkyl halides is 3. The lowest BCUT2D eigenvalue weighted by Crippen LogP contribution is -2.33. The summed E-state index contributed by atoms with van der Waals surface area (Å²) in [5, 5.41) is 0. The second-order valence-electron chi connectivity index (χ2n) is 9.06. The van der Waals surface area contributed by atoms with Crippen LogP contribution in [-0.2, 0) is 40.0 Å². The summed E-state index contributed by atoms with van der Waals surface area (Å²) in [7, 11) is 2.74. The van der Waals surface area contributed by atoms with Crippen LogP contribution in [0, 0.1) is 0 Å². The van der Waals surface area contributed by atoms with Gasteiger partial charge in [0.1, 0.15) is 12.4 Å². The summed E-state index contributed by atoms with van der Waals surface area (Å²) in [6.07, 6.45) is -3.68. The summed E-state index contributed by atoms with van der Waals surface area (Å²) in [5.74, 6) is -0.0286. The van der Waals surface area contributed by atoms with E-state index in [9.17, 15) is 22.8 Å². The van der Waals surface area contributed by atoms with Crippen LogP contribution in [0.5, 0.6) is 5.75 Å². The quantitative estimate of drug-likeness (QED) is 0.302. The average molecular weight is 528 g/mol. The Morgan fingerprint density at radius 1 is 0.921 bits per heavy atom. The number of benzene rings is 3. The Kier molecular flexibility index (Phi) is 8.24. The Morgan fingerprint density at radius 3 is 2.29 bits per heavy atom. The number of esters is 1. The summed E-state index contributed by atoms with van der Waals surface area (Å²) >= 11 is 0. The summed E-state index contributed by atoms with van der Waals surface area (Å²) < 4.78 is 56.8. The van der Waals surface area contributed by atoms with Crippen LogP contribution in [0.4, 0.5) is 18.0 Å². The van der Waals surface area contributed by atoms with Crippen molar-refractivity contribution in [2.45, 2.75) is 44.6 Å². The Balaban J connectivity index is 1.70. The smallest absolute Gasteiger partial charge is 0.416 e. The van der Waals surface area contributed by atoms with E-state index in [-0.39, 0.29) is 31.2 Å². The maximum atomic E-state index is 13.7. The van der Waals surface area contributed by atoms with Crippen molar-refractivity contribution in [3.63, 3.8) is 0 Å². The Labute approximate surface area is 218 Å². The van der Waals surface area contributed by atoms with Gasteiger partial charge in [-0.1, -0.05) is 42.5 Å². The number of ether oxygens (including phenoxy) is 3. The fourth-order valence-electron chi connectivity index (χ4n) is 4.19. The number of amides is 1. The number of hydrogen-bond acceptors (Lipinski definition) is 5. The first-order chi connectivity index (χ1) is 18.2. The molecule has 1 aliphatic rings. The summed E-state index contributed by atoms with van der Waals surface area (Å²) in [5.41, 5.74) is 1.85. The van der Waals surface area contributed by atoms with Crippen LogP contribution < -0.4 is 4.74 Å². The van der Waals surface area contributed by atoms with Crippen molar-refractivity contribution < 1.29 is 37.0 Å². The molecule has 38 heavy (non-hydrogen) atoms. The molecule has 1 saturated carbocycles. The SMILES string of the molecule is COC(=O)Cc1ccc(OC)c(-c2ccc(C(F)(F)F)cc2CN(C(=O)OCc2ccccc2)C2CC2)c1. The molecule has 0 aromatic heterocycles. The molecule has 0 atom stereocenters. The zero-order valence-corrected chi connectivity index (χ0v) is 21.1. The first-order valence-corrected chi connectivity index (χ1v) is 12.1. The molecule has 0 aliphatic heterocycles. The molecule has 9 heteroatoms. The first-order valence-electron chi connectivity index (χ1n) is 12.1. The van der Waals surface area contributed by atoms with Crippen molar-refractivity contribution >= 4 is 12.1 Å². The standard InChI is InChI=1S/C29H28F3NO5/c1-36-26-13-8-20(15-27(34)37-2)14-25(26)24-12-9-22(29(30,31)32)16-21(24)17-33(23-10-11-23)28(35)38-18-19-6-4-3-5-7-19/h3-9,12-14,16,23H,10-11,15,17-18H2,1-2H3. The number of rotatable bonds is 9. The van der Waals surface area contributed by atoms with E-state index in [4.69, 9.17) is 14.2 Å². The van der Waals surface area contributed by atoms with Gasteiger partial charge in [0.05, 0.1) is 26.2 Å². The van der Waals surface area contributed by atoms with Gasteiger partial charge >= 0.3 is 18.2 Å². The monoisotopic (exact) mass is 527 g/mol. The van der Waals surface area contributed by atoms with Gasteiger partial charge in [0.15, 0.2) is 0 Å². The average Bonchev–Trinajstić information content (AvgIpc) is 3.75. The number of halogens is 3. The third-order valence-electron chi connectivity index (χ3n) is 6.33. The van der Waals surface area contributed by atoms with Crippen LogP contribution in [0.3, 0.4) is 0 Å². The lowest BCUT2D eigenvalue weighted by Gasteiger charge is -2.24. The van der Waals surface area contributed by atoms with Crippen LogP contribution in [0.2, 0.25) is 0 Å². The molecule has 3 aromatic rings. The molecule has 200 valence electrons. The molecule has 1 amide bonds. The molecule has 1 aliphatic carbocycles. The van der Waals surface area contributed by atoms with Crippen LogP contribution in [0.15, 0.2) is 66.7 Å². The van der Waals surface area contributed by atoms with Crippen molar-refractivity contribution in [2.75, 3.05) is 14.2 Å². The minimum Gasteiger partial charge on any atom is -0.496 e. The van der Waals surface area contributed by atoms with E-state index in [0.29, 0.717) is 22.4 Å². The van der Waals surface area contributed by atoms with Gasteiger partial charge in [-0.25, -0.2) is 4.79 Å². The predicted molar refractivity (Wildman–Crippen MR) is 134 cm³/mol. The maximum Gasteiger partial charge on any atom is 0.416 e. The van der Waals surface area contributed by atoms with Crippen molar-refractivity contribution in [2.24, 2.45) is 0 Å². The Bertz CT molecular complexity index is 1290. The van der Waals surface area contributed by atoms with Crippen LogP contribution in [0.25, 0.3) is 11.1 Å². The molecule has 0 N–H and O–H groups in total. The number of nitrogens with zero attached hydrogens (tertiary/aromatic N) is 1. The van der Waals surface area contributed by atoms with E-state index < -0.39 is 23.8 Å². The molecule has 0 spiro atoms. The van der Waals surface area contributed by atoms with Gasteiger partial charge in [-0.05, 0) is 59.4 Å². The molecule has 0 saturated heterocycles. The summed E-state index contributed by atoms with van der Waals surface area (Å²) in [6.45, 7) is -0.0241. The molecule has 0 bridgehead atoms. The molecule has 0 unspecified atom stereocenters. The van der Waals surface area contributed by atoms with Crippen molar-refractivity contribution in [1.82, 2.24) is 4.90 Å². The minimum atomic E-state index is -4.57. The van der Waals surface area contributed by atoms with Gasteiger partial charge in [-0.15, -0.1) is 0 Å². The lowest BCUT2D eigenvalue weighted by molar-refractivity contribution is -0.140. The molecule has 6 nitrogen and oxygen atoms in total. The summed E-state index contributed by atoms with van der Waals surface area (Å²) in [4.78, 5) is 26.4. The van der Waals surface area contributed by atoms with Gasteiger partial charge in [-0.3, -0.25) is 4.79 Å². The molecular weight excluding hydrogens is 499 g/mol. The fourth-order valence-corrected chi connectivity index (χ4v) is 4.19. The Morgan fingerprint density at radius 2 is 1.66 bits per heavy atom. The summed E-state index contributed by atoms with van der Waals surface area (Å²) in [6, 6.07) is 17.5. The highest BCUT2D eigenvalue weighted by molar-refractivity contribution is 5.78. The third kappa shape index (κ3) is 6.65. The number of methoxy groups -OCH3 is 2. The maximum absolute atomic E-state index is 13.7. The topological polar surface area (TPSA) is 65.1 Å². The van der Waals surface area contributed by atoms with Crippen LogP contribution >= 0.6 is 0 Å². The van der Waals surface area contributed by atoms with Gasteiger partial charge in [0, 0.05) is 18.2 Å². The molecule has 4 rings (SSSR count). The lowest BCUT2D eigenvalue weighted by atomic mass is 9.94. The normalized spacial score (nSPS) is 13.1. The zero-order chi connectivity index (χ0) is 27.3. The van der Waals surface area contributed by atoms with Gasteiger partial charge < -0.3 is 19.1 Å². The predicted octanol–water partition coefficient (Wildman–Crippen LogP) is 6.40. The van der Waals surface area contributed by atoms with E-state index in [2.05, 4.69) is 0 Å². The highest BCUT2D eigenvalue weighted by Crippen LogP contribution is 2.39. The highest BCUT2D eigenvalue weighted by Gasteiger charge is 2.36. The van der Waals surface area contributed by atoms with Crippen molar-refractivity contribution in [3.8, 4) is 16.9 Å². The van der Waals surface area contributed by atoms with Crippen molar-refractivity contribution in [3.05, 3.63) is 89.0 Å². The number of carbonyl (C=O) groups is 2. The van der Waals surface area contributed by atoms with E-state index >= 15 is 0 Å². The fraction of sp³-hybridized carbons (Fsp3) is 0.310.